The molecule has 1 saturated carbocycles. The molecule has 1 amide bonds. The summed E-state index contributed by atoms with van der Waals surface area (Å²) in [6.45, 7) is 3.79. The first-order valence-corrected chi connectivity index (χ1v) is 10.4. The number of carbonyl (C=O) groups is 1. The van der Waals surface area contributed by atoms with Crippen LogP contribution >= 0.6 is 0 Å². The lowest BCUT2D eigenvalue weighted by molar-refractivity contribution is 0.0937. The molecule has 0 unspecified atom stereocenters. The number of benzene rings is 1. The summed E-state index contributed by atoms with van der Waals surface area (Å²) >= 11 is 0. The van der Waals surface area contributed by atoms with Crippen LogP contribution in [0.15, 0.2) is 42.9 Å². The van der Waals surface area contributed by atoms with Crippen molar-refractivity contribution in [3.8, 4) is 17.6 Å². The summed E-state index contributed by atoms with van der Waals surface area (Å²) in [5, 5.41) is 16.1. The molecule has 2 heterocycles. The number of pyridine rings is 1. The molecule has 8 nitrogen and oxygen atoms in total. The van der Waals surface area contributed by atoms with Gasteiger partial charge in [0.25, 0.3) is 5.91 Å². The Morgan fingerprint density at radius 1 is 1.26 bits per heavy atom. The highest BCUT2D eigenvalue weighted by atomic mass is 16.5. The SMILES string of the molecule is Cc1cc(OC2CCCC2)cc(C(=O)N[C@@H](C)c2ncnn2-c2ccc(C#N)cn2)c1. The molecule has 31 heavy (non-hydrogen) atoms. The quantitative estimate of drug-likeness (QED) is 0.657. The van der Waals surface area contributed by atoms with Crippen LogP contribution in [-0.2, 0) is 0 Å². The van der Waals surface area contributed by atoms with E-state index in [0.29, 0.717) is 22.8 Å². The van der Waals surface area contributed by atoms with Crippen molar-refractivity contribution in [3.05, 3.63) is 65.4 Å². The summed E-state index contributed by atoms with van der Waals surface area (Å²) in [4.78, 5) is 21.5. The molecule has 0 radical (unpaired) electrons. The molecule has 2 aromatic heterocycles. The fraction of sp³-hybridized carbons (Fsp3) is 0.348. The molecule has 158 valence electrons. The number of nitrogens with zero attached hydrogens (tertiary/aromatic N) is 5. The third kappa shape index (κ3) is 4.72. The normalized spacial score (nSPS) is 14.7. The Balaban J connectivity index is 1.50. The summed E-state index contributed by atoms with van der Waals surface area (Å²) in [5.41, 5.74) is 1.97. The maximum Gasteiger partial charge on any atom is 0.252 e. The number of rotatable bonds is 6. The minimum Gasteiger partial charge on any atom is -0.490 e. The van der Waals surface area contributed by atoms with Gasteiger partial charge in [0.05, 0.1) is 17.7 Å². The van der Waals surface area contributed by atoms with Gasteiger partial charge >= 0.3 is 0 Å². The summed E-state index contributed by atoms with van der Waals surface area (Å²) in [7, 11) is 0. The third-order valence-corrected chi connectivity index (χ3v) is 5.32. The highest BCUT2D eigenvalue weighted by molar-refractivity contribution is 5.95. The van der Waals surface area contributed by atoms with E-state index < -0.39 is 6.04 Å². The lowest BCUT2D eigenvalue weighted by Gasteiger charge is -2.17. The Morgan fingerprint density at radius 2 is 2.06 bits per heavy atom. The zero-order valence-electron chi connectivity index (χ0n) is 17.6. The molecule has 1 aliphatic carbocycles. The second-order valence-corrected chi connectivity index (χ2v) is 7.80. The van der Waals surface area contributed by atoms with Crippen LogP contribution in [0.4, 0.5) is 0 Å². The lowest BCUT2D eigenvalue weighted by Crippen LogP contribution is -2.29. The van der Waals surface area contributed by atoms with E-state index in [4.69, 9.17) is 10.00 Å². The molecule has 1 aromatic carbocycles. The summed E-state index contributed by atoms with van der Waals surface area (Å²) in [6, 6.07) is 10.6. The molecule has 1 aliphatic rings. The van der Waals surface area contributed by atoms with Crippen molar-refractivity contribution >= 4 is 5.91 Å². The number of nitriles is 1. The van der Waals surface area contributed by atoms with Gasteiger partial charge in [0.2, 0.25) is 0 Å². The molecule has 3 aromatic rings. The van der Waals surface area contributed by atoms with Crippen molar-refractivity contribution in [1.82, 2.24) is 25.1 Å². The molecule has 4 rings (SSSR count). The topological polar surface area (TPSA) is 106 Å². The van der Waals surface area contributed by atoms with Gasteiger partial charge in [-0.3, -0.25) is 4.79 Å². The Bertz CT molecular complexity index is 1110. The van der Waals surface area contributed by atoms with Crippen LogP contribution in [0.3, 0.4) is 0 Å². The molecular weight excluding hydrogens is 392 g/mol. The predicted molar refractivity (Wildman–Crippen MR) is 114 cm³/mol. The van der Waals surface area contributed by atoms with Crippen LogP contribution in [0.1, 0.15) is 66.0 Å². The molecule has 0 saturated heterocycles. The Kier molecular flexibility index (Phi) is 5.94. The monoisotopic (exact) mass is 416 g/mol. The van der Waals surface area contributed by atoms with Crippen molar-refractivity contribution in [2.45, 2.75) is 51.7 Å². The number of aromatic nitrogens is 4. The van der Waals surface area contributed by atoms with E-state index in [0.717, 1.165) is 24.2 Å². The van der Waals surface area contributed by atoms with Crippen LogP contribution < -0.4 is 10.1 Å². The lowest BCUT2D eigenvalue weighted by atomic mass is 10.1. The fourth-order valence-corrected chi connectivity index (χ4v) is 3.79. The molecule has 1 N–H and O–H groups in total. The van der Waals surface area contributed by atoms with E-state index >= 15 is 0 Å². The number of aryl methyl sites for hydroxylation is 1. The number of hydrogen-bond acceptors (Lipinski definition) is 6. The molecule has 0 spiro atoms. The van der Waals surface area contributed by atoms with E-state index in [1.165, 1.54) is 25.4 Å². The van der Waals surface area contributed by atoms with Crippen LogP contribution in [0.5, 0.6) is 5.75 Å². The molecule has 8 heteroatoms. The largest absolute Gasteiger partial charge is 0.490 e. The van der Waals surface area contributed by atoms with Gasteiger partial charge in [0.1, 0.15) is 18.1 Å². The Hall–Kier alpha value is -3.73. The van der Waals surface area contributed by atoms with Gasteiger partial charge in [-0.15, -0.1) is 0 Å². The van der Waals surface area contributed by atoms with E-state index in [9.17, 15) is 4.79 Å². The van der Waals surface area contributed by atoms with Gasteiger partial charge in [0, 0.05) is 11.8 Å². The smallest absolute Gasteiger partial charge is 0.252 e. The summed E-state index contributed by atoms with van der Waals surface area (Å²) in [5.74, 6) is 1.58. The van der Waals surface area contributed by atoms with Gasteiger partial charge in [0.15, 0.2) is 11.6 Å². The first-order chi connectivity index (χ1) is 15.0. The number of carbonyl (C=O) groups excluding carboxylic acids is 1. The zero-order valence-corrected chi connectivity index (χ0v) is 17.6. The predicted octanol–water partition coefficient (Wildman–Crippen LogP) is 3.65. The summed E-state index contributed by atoms with van der Waals surface area (Å²) < 4.78 is 7.63. The van der Waals surface area contributed by atoms with Crippen LogP contribution in [-0.4, -0.2) is 31.8 Å². The first-order valence-electron chi connectivity index (χ1n) is 10.4. The maximum atomic E-state index is 12.9. The average Bonchev–Trinajstić information content (AvgIpc) is 3.45. The fourth-order valence-electron chi connectivity index (χ4n) is 3.79. The van der Waals surface area contributed by atoms with Gasteiger partial charge in [-0.2, -0.15) is 15.0 Å². The van der Waals surface area contributed by atoms with Crippen LogP contribution in [0, 0.1) is 18.3 Å². The van der Waals surface area contributed by atoms with Crippen LogP contribution in [0.25, 0.3) is 5.82 Å². The number of nitrogens with one attached hydrogen (secondary N) is 1. The second-order valence-electron chi connectivity index (χ2n) is 7.80. The number of hydrogen-bond donors (Lipinski definition) is 1. The van der Waals surface area contributed by atoms with Gasteiger partial charge < -0.3 is 10.1 Å². The second kappa shape index (κ2) is 8.96. The minimum atomic E-state index is -0.410. The standard InChI is InChI=1S/C23H24N6O2/c1-15-9-18(11-20(10-15)31-19-5-3-4-6-19)23(30)28-16(2)22-26-14-27-29(22)21-8-7-17(12-24)13-25-21/h7-11,13-14,16,19H,3-6H2,1-2H3,(H,28,30)/t16-/m0/s1. The first kappa shape index (κ1) is 20.5. The average molecular weight is 416 g/mol. The summed E-state index contributed by atoms with van der Waals surface area (Å²) in [6.07, 6.45) is 7.62. The van der Waals surface area contributed by atoms with Gasteiger partial charge in [-0.1, -0.05) is 0 Å². The van der Waals surface area contributed by atoms with Gasteiger partial charge in [-0.05, 0) is 75.4 Å². The highest BCUT2D eigenvalue weighted by Gasteiger charge is 2.20. The molecule has 0 bridgehead atoms. The maximum absolute atomic E-state index is 12.9. The molecule has 1 atom stereocenters. The van der Waals surface area contributed by atoms with Crippen molar-refractivity contribution in [3.63, 3.8) is 0 Å². The van der Waals surface area contributed by atoms with Gasteiger partial charge in [-0.25, -0.2) is 9.97 Å². The van der Waals surface area contributed by atoms with Crippen molar-refractivity contribution in [1.29, 1.82) is 5.26 Å². The third-order valence-electron chi connectivity index (χ3n) is 5.32. The Labute approximate surface area is 180 Å². The highest BCUT2D eigenvalue weighted by Crippen LogP contribution is 2.26. The molecule has 0 aliphatic heterocycles. The minimum absolute atomic E-state index is 0.213. The van der Waals surface area contributed by atoms with Crippen molar-refractivity contribution in [2.75, 3.05) is 0 Å². The number of ether oxygens (including phenoxy) is 1. The van der Waals surface area contributed by atoms with Crippen molar-refractivity contribution in [2.24, 2.45) is 0 Å². The van der Waals surface area contributed by atoms with E-state index in [-0.39, 0.29) is 12.0 Å². The van der Waals surface area contributed by atoms with Crippen LogP contribution in [0.2, 0.25) is 0 Å². The molecule has 1 fully saturated rings. The van der Waals surface area contributed by atoms with E-state index in [2.05, 4.69) is 20.4 Å². The number of amides is 1. The Morgan fingerprint density at radius 3 is 2.77 bits per heavy atom. The zero-order chi connectivity index (χ0) is 21.8. The van der Waals surface area contributed by atoms with Crippen molar-refractivity contribution < 1.29 is 9.53 Å². The van der Waals surface area contributed by atoms with E-state index in [1.54, 1.807) is 22.9 Å². The molecular formula is C23H24N6O2. The van der Waals surface area contributed by atoms with E-state index in [1.807, 2.05) is 32.0 Å².